The van der Waals surface area contributed by atoms with Crippen molar-refractivity contribution in [1.29, 1.82) is 0 Å². The van der Waals surface area contributed by atoms with Gasteiger partial charge in [-0.05, 0) is 31.4 Å². The molecule has 4 nitrogen and oxygen atoms in total. The van der Waals surface area contributed by atoms with E-state index in [0.717, 1.165) is 32.6 Å². The van der Waals surface area contributed by atoms with Gasteiger partial charge >= 0.3 is 0 Å². The van der Waals surface area contributed by atoms with Crippen molar-refractivity contribution in [2.24, 2.45) is 10.7 Å². The van der Waals surface area contributed by atoms with Gasteiger partial charge in [-0.3, -0.25) is 9.89 Å². The van der Waals surface area contributed by atoms with E-state index < -0.39 is 0 Å². The minimum Gasteiger partial charge on any atom is -0.370 e. The highest BCUT2D eigenvalue weighted by Crippen LogP contribution is 2.20. The SMILES string of the molecule is CCCCNC(N)=NCC1CCCN1Cc1ccccc1.I. The van der Waals surface area contributed by atoms with Gasteiger partial charge in [0.15, 0.2) is 5.96 Å². The fraction of sp³-hybridized carbons (Fsp3) is 0.588. The van der Waals surface area contributed by atoms with E-state index in [-0.39, 0.29) is 24.0 Å². The number of hydrogen-bond acceptors (Lipinski definition) is 2. The molecule has 1 fully saturated rings. The summed E-state index contributed by atoms with van der Waals surface area (Å²) < 4.78 is 0. The summed E-state index contributed by atoms with van der Waals surface area (Å²) in [7, 11) is 0. The van der Waals surface area contributed by atoms with Crippen molar-refractivity contribution in [2.75, 3.05) is 19.6 Å². The Balaban J connectivity index is 0.00000242. The Morgan fingerprint density at radius 2 is 2.14 bits per heavy atom. The van der Waals surface area contributed by atoms with Crippen LogP contribution in [-0.2, 0) is 6.54 Å². The van der Waals surface area contributed by atoms with Crippen LogP contribution in [0.2, 0.25) is 0 Å². The lowest BCUT2D eigenvalue weighted by Gasteiger charge is -2.23. The molecule has 0 aliphatic carbocycles. The van der Waals surface area contributed by atoms with Gasteiger partial charge < -0.3 is 11.1 Å². The quantitative estimate of drug-likeness (QED) is 0.311. The number of halogens is 1. The molecule has 1 aliphatic heterocycles. The zero-order valence-electron chi connectivity index (χ0n) is 13.5. The number of benzene rings is 1. The lowest BCUT2D eigenvalue weighted by molar-refractivity contribution is 0.250. The predicted octanol–water partition coefficient (Wildman–Crippen LogP) is 2.97. The van der Waals surface area contributed by atoms with E-state index in [0.29, 0.717) is 12.0 Å². The molecule has 0 saturated carbocycles. The van der Waals surface area contributed by atoms with Crippen molar-refractivity contribution in [1.82, 2.24) is 10.2 Å². The standard InChI is InChI=1S/C17H28N4.HI/c1-2-3-11-19-17(18)20-13-16-10-7-12-21(16)14-15-8-5-4-6-9-15;/h4-6,8-9,16H,2-3,7,10-14H2,1H3,(H3,18,19,20);1H. The van der Waals surface area contributed by atoms with Crippen LogP contribution < -0.4 is 11.1 Å². The number of hydrogen-bond donors (Lipinski definition) is 2. The fourth-order valence-electron chi connectivity index (χ4n) is 2.78. The third kappa shape index (κ3) is 6.52. The molecule has 5 heteroatoms. The second kappa shape index (κ2) is 10.8. The van der Waals surface area contributed by atoms with E-state index in [1.807, 2.05) is 0 Å². The summed E-state index contributed by atoms with van der Waals surface area (Å²) >= 11 is 0. The van der Waals surface area contributed by atoms with Gasteiger partial charge in [0.1, 0.15) is 0 Å². The first-order valence-corrected chi connectivity index (χ1v) is 8.11. The summed E-state index contributed by atoms with van der Waals surface area (Å²) in [6, 6.07) is 11.2. The van der Waals surface area contributed by atoms with Crippen molar-refractivity contribution in [3.8, 4) is 0 Å². The highest BCUT2D eigenvalue weighted by molar-refractivity contribution is 14.0. The van der Waals surface area contributed by atoms with Crippen LogP contribution in [0, 0.1) is 0 Å². The van der Waals surface area contributed by atoms with Gasteiger partial charge in [-0.25, -0.2) is 0 Å². The van der Waals surface area contributed by atoms with Crippen molar-refractivity contribution >= 4 is 29.9 Å². The van der Waals surface area contributed by atoms with Crippen LogP contribution in [0.3, 0.4) is 0 Å². The zero-order chi connectivity index (χ0) is 14.9. The maximum atomic E-state index is 5.91. The molecule has 0 aromatic heterocycles. The van der Waals surface area contributed by atoms with E-state index in [9.17, 15) is 0 Å². The van der Waals surface area contributed by atoms with E-state index >= 15 is 0 Å². The second-order valence-corrected chi connectivity index (χ2v) is 5.76. The smallest absolute Gasteiger partial charge is 0.188 e. The molecule has 0 radical (unpaired) electrons. The number of rotatable bonds is 7. The maximum absolute atomic E-state index is 5.91. The van der Waals surface area contributed by atoms with Gasteiger partial charge in [-0.1, -0.05) is 43.7 Å². The van der Waals surface area contributed by atoms with Crippen LogP contribution in [0.4, 0.5) is 0 Å². The van der Waals surface area contributed by atoms with Gasteiger partial charge in [-0.2, -0.15) is 0 Å². The average molecular weight is 416 g/mol. The Morgan fingerprint density at radius 1 is 1.36 bits per heavy atom. The van der Waals surface area contributed by atoms with Crippen molar-refractivity contribution in [3.63, 3.8) is 0 Å². The average Bonchev–Trinajstić information content (AvgIpc) is 2.94. The summed E-state index contributed by atoms with van der Waals surface area (Å²) in [6.07, 6.45) is 4.79. The molecule has 1 heterocycles. The first-order chi connectivity index (χ1) is 10.3. The molecule has 0 bridgehead atoms. The molecule has 2 rings (SSSR count). The number of aliphatic imine (C=N–C) groups is 1. The molecule has 1 unspecified atom stereocenters. The highest BCUT2D eigenvalue weighted by Gasteiger charge is 2.24. The minimum atomic E-state index is 0. The molecule has 1 aromatic carbocycles. The van der Waals surface area contributed by atoms with Gasteiger partial charge in [0.2, 0.25) is 0 Å². The predicted molar refractivity (Wildman–Crippen MR) is 105 cm³/mol. The molecular weight excluding hydrogens is 387 g/mol. The lowest BCUT2D eigenvalue weighted by atomic mass is 10.2. The summed E-state index contributed by atoms with van der Waals surface area (Å²) in [6.45, 7) is 6.08. The molecule has 1 aromatic rings. The summed E-state index contributed by atoms with van der Waals surface area (Å²) in [4.78, 5) is 7.04. The molecule has 1 aliphatic rings. The highest BCUT2D eigenvalue weighted by atomic mass is 127. The topological polar surface area (TPSA) is 53.6 Å². The number of guanidine groups is 1. The minimum absolute atomic E-state index is 0. The van der Waals surface area contributed by atoms with Crippen LogP contribution in [-0.4, -0.2) is 36.5 Å². The third-order valence-electron chi connectivity index (χ3n) is 4.04. The number of unbranched alkanes of at least 4 members (excludes halogenated alkanes) is 1. The Bertz CT molecular complexity index is 436. The number of nitrogens with one attached hydrogen (secondary N) is 1. The van der Waals surface area contributed by atoms with Crippen LogP contribution in [0.15, 0.2) is 35.3 Å². The summed E-state index contributed by atoms with van der Waals surface area (Å²) in [5.74, 6) is 0.593. The Labute approximate surface area is 151 Å². The Morgan fingerprint density at radius 3 is 2.86 bits per heavy atom. The lowest BCUT2D eigenvalue weighted by Crippen LogP contribution is -2.36. The zero-order valence-corrected chi connectivity index (χ0v) is 15.8. The van der Waals surface area contributed by atoms with Crippen LogP contribution in [0.5, 0.6) is 0 Å². The number of nitrogens with two attached hydrogens (primary N) is 1. The first kappa shape index (κ1) is 19.2. The molecule has 3 N–H and O–H groups in total. The summed E-state index contributed by atoms with van der Waals surface area (Å²) in [5.41, 5.74) is 7.29. The van der Waals surface area contributed by atoms with Crippen molar-refractivity contribution in [2.45, 2.75) is 45.2 Å². The fourth-order valence-corrected chi connectivity index (χ4v) is 2.78. The molecule has 0 amide bonds. The van der Waals surface area contributed by atoms with Crippen LogP contribution >= 0.6 is 24.0 Å². The Kier molecular flexibility index (Phi) is 9.47. The molecule has 22 heavy (non-hydrogen) atoms. The molecule has 124 valence electrons. The normalized spacial score (nSPS) is 19.0. The maximum Gasteiger partial charge on any atom is 0.188 e. The van der Waals surface area contributed by atoms with Gasteiger partial charge in [0, 0.05) is 19.1 Å². The molecule has 1 atom stereocenters. The van der Waals surface area contributed by atoms with E-state index in [4.69, 9.17) is 5.73 Å². The van der Waals surface area contributed by atoms with E-state index in [1.54, 1.807) is 0 Å². The van der Waals surface area contributed by atoms with Crippen molar-refractivity contribution in [3.05, 3.63) is 35.9 Å². The van der Waals surface area contributed by atoms with Crippen LogP contribution in [0.25, 0.3) is 0 Å². The van der Waals surface area contributed by atoms with Crippen molar-refractivity contribution < 1.29 is 0 Å². The monoisotopic (exact) mass is 416 g/mol. The molecule has 1 saturated heterocycles. The molecule has 0 spiro atoms. The van der Waals surface area contributed by atoms with Crippen LogP contribution in [0.1, 0.15) is 38.2 Å². The first-order valence-electron chi connectivity index (χ1n) is 8.11. The number of nitrogens with zero attached hydrogens (tertiary/aromatic N) is 2. The second-order valence-electron chi connectivity index (χ2n) is 5.76. The van der Waals surface area contributed by atoms with E-state index in [1.165, 1.54) is 24.8 Å². The Hall–Kier alpha value is -0.820. The molecular formula is C17H29IN4. The number of likely N-dealkylation sites (tertiary alicyclic amines) is 1. The largest absolute Gasteiger partial charge is 0.370 e. The van der Waals surface area contributed by atoms with Gasteiger partial charge in [-0.15, -0.1) is 24.0 Å². The van der Waals surface area contributed by atoms with Gasteiger partial charge in [0.25, 0.3) is 0 Å². The van der Waals surface area contributed by atoms with E-state index in [2.05, 4.69) is 52.5 Å². The summed E-state index contributed by atoms with van der Waals surface area (Å²) in [5, 5.41) is 3.18. The third-order valence-corrected chi connectivity index (χ3v) is 4.04. The van der Waals surface area contributed by atoms with Gasteiger partial charge in [0.05, 0.1) is 6.54 Å².